The van der Waals surface area contributed by atoms with Crippen molar-refractivity contribution in [3.05, 3.63) is 108 Å². The highest BCUT2D eigenvalue weighted by Gasteiger charge is 2.13. The normalized spacial score (nSPS) is 12.2. The number of benzene rings is 2. The molecule has 2 aromatic heterocycles. The van der Waals surface area contributed by atoms with Gasteiger partial charge in [0, 0.05) is 25.5 Å². The molecule has 0 bridgehead atoms. The third-order valence-electron chi connectivity index (χ3n) is 6.85. The van der Waals surface area contributed by atoms with Gasteiger partial charge in [-0.1, -0.05) is 62.4 Å². The number of methoxy groups -OCH3 is 2. The molecule has 0 saturated heterocycles. The molecule has 0 aliphatic rings. The molecular weight excluding hydrogens is 504 g/mol. The number of hydrogen-bond acceptors (Lipinski definition) is 6. The molecule has 8 nitrogen and oxygen atoms in total. The van der Waals surface area contributed by atoms with Crippen LogP contribution in [0, 0.1) is 0 Å². The summed E-state index contributed by atoms with van der Waals surface area (Å²) >= 11 is 0. The van der Waals surface area contributed by atoms with Gasteiger partial charge in [-0.25, -0.2) is 0 Å². The van der Waals surface area contributed by atoms with Gasteiger partial charge in [0.1, 0.15) is 11.5 Å². The zero-order valence-corrected chi connectivity index (χ0v) is 23.2. The number of pyridine rings is 2. The Labute approximate surface area is 234 Å². The minimum Gasteiger partial charge on any atom is -0.495 e. The molecule has 0 saturated carbocycles. The van der Waals surface area contributed by atoms with E-state index in [1.54, 1.807) is 38.7 Å². The maximum atomic E-state index is 12.5. The van der Waals surface area contributed by atoms with Gasteiger partial charge < -0.3 is 20.1 Å². The summed E-state index contributed by atoms with van der Waals surface area (Å²) in [6, 6.07) is 20.1. The fourth-order valence-electron chi connectivity index (χ4n) is 4.25. The van der Waals surface area contributed by atoms with Crippen molar-refractivity contribution in [2.75, 3.05) is 27.3 Å². The third kappa shape index (κ3) is 7.22. The van der Waals surface area contributed by atoms with Crippen LogP contribution in [0.1, 0.15) is 57.5 Å². The molecular formula is C32H34N4O4. The van der Waals surface area contributed by atoms with Crippen molar-refractivity contribution in [1.82, 2.24) is 20.6 Å². The van der Waals surface area contributed by atoms with Gasteiger partial charge in [-0.05, 0) is 46.2 Å². The summed E-state index contributed by atoms with van der Waals surface area (Å²) in [5.74, 6) is 1.02. The lowest BCUT2D eigenvalue weighted by molar-refractivity contribution is 0.0943. The van der Waals surface area contributed by atoms with E-state index in [0.29, 0.717) is 35.7 Å². The van der Waals surface area contributed by atoms with E-state index in [9.17, 15) is 9.59 Å². The van der Waals surface area contributed by atoms with Crippen molar-refractivity contribution in [3.63, 3.8) is 0 Å². The van der Waals surface area contributed by atoms with E-state index >= 15 is 0 Å². The molecule has 8 heteroatoms. The lowest BCUT2D eigenvalue weighted by atomic mass is 9.95. The number of nitrogens with zero attached hydrogens (tertiary/aromatic N) is 2. The SMILES string of the molecule is COc1cncc(C(=O)NCC(C)c2ccc(-c3ccc(C(C)CNC(=O)c4cncc(OC)c4)cc3)cc2)c1. The molecule has 40 heavy (non-hydrogen) atoms. The quantitative estimate of drug-likeness (QED) is 0.271. The first-order valence-corrected chi connectivity index (χ1v) is 13.1. The molecule has 2 amide bonds. The highest BCUT2D eigenvalue weighted by atomic mass is 16.5. The first-order valence-electron chi connectivity index (χ1n) is 13.1. The minimum atomic E-state index is -0.180. The van der Waals surface area contributed by atoms with Crippen molar-refractivity contribution in [3.8, 4) is 22.6 Å². The largest absolute Gasteiger partial charge is 0.495 e. The fourth-order valence-corrected chi connectivity index (χ4v) is 4.25. The molecule has 2 atom stereocenters. The average molecular weight is 539 g/mol. The van der Waals surface area contributed by atoms with E-state index in [0.717, 1.165) is 22.3 Å². The van der Waals surface area contributed by atoms with Crippen LogP contribution in [0.5, 0.6) is 11.5 Å². The molecule has 0 aliphatic heterocycles. The molecule has 0 aliphatic carbocycles. The van der Waals surface area contributed by atoms with E-state index in [-0.39, 0.29) is 23.7 Å². The zero-order valence-electron chi connectivity index (χ0n) is 23.2. The predicted molar refractivity (Wildman–Crippen MR) is 155 cm³/mol. The first kappa shape index (κ1) is 28.3. The van der Waals surface area contributed by atoms with Gasteiger partial charge in [-0.3, -0.25) is 19.6 Å². The van der Waals surface area contributed by atoms with Crippen LogP contribution in [0.15, 0.2) is 85.5 Å². The Hall–Kier alpha value is -4.72. The second-order valence-corrected chi connectivity index (χ2v) is 9.69. The number of hydrogen-bond donors (Lipinski definition) is 2. The zero-order chi connectivity index (χ0) is 28.5. The number of aromatic nitrogens is 2. The van der Waals surface area contributed by atoms with E-state index in [1.807, 2.05) is 0 Å². The van der Waals surface area contributed by atoms with E-state index in [2.05, 4.69) is 83.0 Å². The number of rotatable bonds is 11. The Morgan fingerprint density at radius 1 is 0.650 bits per heavy atom. The second-order valence-electron chi connectivity index (χ2n) is 9.69. The fraction of sp³-hybridized carbons (Fsp3) is 0.250. The summed E-state index contributed by atoms with van der Waals surface area (Å²) in [6.45, 7) is 5.18. The smallest absolute Gasteiger partial charge is 0.253 e. The van der Waals surface area contributed by atoms with Crippen molar-refractivity contribution in [1.29, 1.82) is 0 Å². The maximum absolute atomic E-state index is 12.5. The molecule has 0 radical (unpaired) electrons. The Morgan fingerprint density at radius 2 is 1.02 bits per heavy atom. The minimum absolute atomic E-state index is 0.141. The van der Waals surface area contributed by atoms with Gasteiger partial charge in [0.05, 0.1) is 37.7 Å². The molecule has 2 heterocycles. The summed E-state index contributed by atoms with van der Waals surface area (Å²) in [4.78, 5) is 33.1. The summed E-state index contributed by atoms with van der Waals surface area (Å²) < 4.78 is 10.3. The van der Waals surface area contributed by atoms with Gasteiger partial charge in [-0.15, -0.1) is 0 Å². The highest BCUT2D eigenvalue weighted by molar-refractivity contribution is 5.94. The van der Waals surface area contributed by atoms with Crippen molar-refractivity contribution < 1.29 is 19.1 Å². The molecule has 206 valence electrons. The standard InChI is InChI=1S/C32H34N4O4/c1-21(15-35-31(37)27-13-29(39-3)19-33-17-27)23-5-9-25(10-6-23)26-11-7-24(8-12-26)22(2)16-36-32(38)28-14-30(40-4)20-34-18-28/h5-14,17-22H,15-16H2,1-4H3,(H,35,37)(H,36,38). The van der Waals surface area contributed by atoms with Gasteiger partial charge in [0.25, 0.3) is 11.8 Å². The van der Waals surface area contributed by atoms with Gasteiger partial charge >= 0.3 is 0 Å². The number of ether oxygens (including phenoxy) is 2. The highest BCUT2D eigenvalue weighted by Crippen LogP contribution is 2.25. The molecule has 4 aromatic rings. The van der Waals surface area contributed by atoms with E-state index in [4.69, 9.17) is 9.47 Å². The van der Waals surface area contributed by atoms with Crippen LogP contribution < -0.4 is 20.1 Å². The third-order valence-corrected chi connectivity index (χ3v) is 6.85. The van der Waals surface area contributed by atoms with E-state index in [1.165, 1.54) is 12.4 Å². The molecule has 2 N–H and O–H groups in total. The number of carbonyl (C=O) groups excluding carboxylic acids is 2. The van der Waals surface area contributed by atoms with Crippen LogP contribution in [0.25, 0.3) is 11.1 Å². The van der Waals surface area contributed by atoms with Crippen molar-refractivity contribution >= 4 is 11.8 Å². The van der Waals surface area contributed by atoms with Crippen molar-refractivity contribution in [2.24, 2.45) is 0 Å². The number of nitrogens with one attached hydrogen (secondary N) is 2. The molecule has 0 spiro atoms. The Balaban J connectivity index is 1.30. The lowest BCUT2D eigenvalue weighted by Gasteiger charge is -2.15. The van der Waals surface area contributed by atoms with Crippen LogP contribution in [-0.4, -0.2) is 49.1 Å². The Kier molecular flexibility index (Phi) is 9.46. The summed E-state index contributed by atoms with van der Waals surface area (Å²) in [7, 11) is 3.09. The second kappa shape index (κ2) is 13.4. The number of carbonyl (C=O) groups is 2. The Bertz CT molecular complexity index is 1330. The maximum Gasteiger partial charge on any atom is 0.253 e. The lowest BCUT2D eigenvalue weighted by Crippen LogP contribution is -2.27. The summed E-state index contributed by atoms with van der Waals surface area (Å²) in [6.07, 6.45) is 6.19. The van der Waals surface area contributed by atoms with Crippen LogP contribution in [0.3, 0.4) is 0 Å². The topological polar surface area (TPSA) is 102 Å². The van der Waals surface area contributed by atoms with Crippen LogP contribution in [-0.2, 0) is 0 Å². The molecule has 2 aromatic carbocycles. The van der Waals surface area contributed by atoms with Gasteiger partial charge in [0.15, 0.2) is 0 Å². The predicted octanol–water partition coefficient (Wildman–Crippen LogP) is 5.23. The first-order chi connectivity index (χ1) is 19.4. The molecule has 4 rings (SSSR count). The molecule has 2 unspecified atom stereocenters. The molecule has 0 fully saturated rings. The summed E-state index contributed by atoms with van der Waals surface area (Å²) in [5.41, 5.74) is 5.44. The van der Waals surface area contributed by atoms with Gasteiger partial charge in [-0.2, -0.15) is 0 Å². The average Bonchev–Trinajstić information content (AvgIpc) is 3.02. The van der Waals surface area contributed by atoms with Crippen LogP contribution in [0.2, 0.25) is 0 Å². The van der Waals surface area contributed by atoms with Crippen LogP contribution >= 0.6 is 0 Å². The summed E-state index contributed by atoms with van der Waals surface area (Å²) in [5, 5.41) is 5.95. The van der Waals surface area contributed by atoms with Crippen LogP contribution in [0.4, 0.5) is 0 Å². The van der Waals surface area contributed by atoms with Crippen molar-refractivity contribution in [2.45, 2.75) is 25.7 Å². The Morgan fingerprint density at radius 3 is 1.38 bits per heavy atom. The number of amides is 2. The van der Waals surface area contributed by atoms with Gasteiger partial charge in [0.2, 0.25) is 0 Å². The monoisotopic (exact) mass is 538 g/mol. The van der Waals surface area contributed by atoms with E-state index < -0.39 is 0 Å².